The van der Waals surface area contributed by atoms with Gasteiger partial charge in [-0.2, -0.15) is 0 Å². The maximum Gasteiger partial charge on any atom is 0.148 e. The van der Waals surface area contributed by atoms with Crippen molar-refractivity contribution in [3.05, 3.63) is 53.6 Å². The lowest BCUT2D eigenvalue weighted by Crippen LogP contribution is -2.07. The molecule has 1 heterocycles. The van der Waals surface area contributed by atoms with E-state index in [0.717, 1.165) is 5.69 Å². The lowest BCUT2D eigenvalue weighted by atomic mass is 10.1. The lowest BCUT2D eigenvalue weighted by molar-refractivity contribution is 0.463. The number of benzene rings is 1. The van der Waals surface area contributed by atoms with Crippen LogP contribution in [0.1, 0.15) is 24.2 Å². The molecule has 1 aromatic heterocycles. The van der Waals surface area contributed by atoms with Crippen LogP contribution in [-0.4, -0.2) is 4.98 Å². The molecule has 1 atom stereocenters. The standard InChI is InChI=1S/C14H15FN2O/c1-9(16)12-8-11(15)5-6-14(12)18-13-4-3-7-17-10(13)2/h3-9H,16H2,1-2H3/t9-/m1/s1. The first kappa shape index (κ1) is 12.5. The van der Waals surface area contributed by atoms with Crippen molar-refractivity contribution in [3.8, 4) is 11.5 Å². The minimum atomic E-state index is -0.322. The van der Waals surface area contributed by atoms with Crippen LogP contribution >= 0.6 is 0 Å². The zero-order chi connectivity index (χ0) is 13.1. The van der Waals surface area contributed by atoms with E-state index in [2.05, 4.69) is 4.98 Å². The highest BCUT2D eigenvalue weighted by atomic mass is 19.1. The van der Waals surface area contributed by atoms with Crippen molar-refractivity contribution in [2.24, 2.45) is 5.73 Å². The van der Waals surface area contributed by atoms with Crippen molar-refractivity contribution >= 4 is 0 Å². The average molecular weight is 246 g/mol. The molecule has 94 valence electrons. The van der Waals surface area contributed by atoms with Gasteiger partial charge in [-0.05, 0) is 44.2 Å². The van der Waals surface area contributed by atoms with E-state index in [1.807, 2.05) is 13.0 Å². The molecule has 0 spiro atoms. The third-order valence-electron chi connectivity index (χ3n) is 2.64. The smallest absolute Gasteiger partial charge is 0.148 e. The Kier molecular flexibility index (Phi) is 3.58. The molecule has 3 nitrogen and oxygen atoms in total. The van der Waals surface area contributed by atoms with E-state index in [-0.39, 0.29) is 11.9 Å². The van der Waals surface area contributed by atoms with Crippen molar-refractivity contribution in [2.45, 2.75) is 19.9 Å². The number of nitrogens with two attached hydrogens (primary N) is 1. The molecule has 0 saturated carbocycles. The highest BCUT2D eigenvalue weighted by Gasteiger charge is 2.11. The summed E-state index contributed by atoms with van der Waals surface area (Å²) in [4.78, 5) is 4.14. The van der Waals surface area contributed by atoms with Crippen molar-refractivity contribution in [3.63, 3.8) is 0 Å². The van der Waals surface area contributed by atoms with Gasteiger partial charge < -0.3 is 10.5 Å². The van der Waals surface area contributed by atoms with Gasteiger partial charge in [-0.1, -0.05) is 0 Å². The summed E-state index contributed by atoms with van der Waals surface area (Å²) in [6.07, 6.45) is 1.69. The summed E-state index contributed by atoms with van der Waals surface area (Å²) >= 11 is 0. The summed E-state index contributed by atoms with van der Waals surface area (Å²) in [6.45, 7) is 3.64. The van der Waals surface area contributed by atoms with Gasteiger partial charge in [0.1, 0.15) is 17.3 Å². The van der Waals surface area contributed by atoms with Crippen molar-refractivity contribution in [1.29, 1.82) is 0 Å². The molecular weight excluding hydrogens is 231 g/mol. The molecular formula is C14H15FN2O. The second-order valence-corrected chi connectivity index (χ2v) is 4.16. The number of hydrogen-bond acceptors (Lipinski definition) is 3. The molecule has 2 rings (SSSR count). The molecule has 0 fully saturated rings. The van der Waals surface area contributed by atoms with Gasteiger partial charge in [-0.3, -0.25) is 4.98 Å². The van der Waals surface area contributed by atoms with Gasteiger partial charge >= 0.3 is 0 Å². The first-order valence-electron chi connectivity index (χ1n) is 5.72. The number of nitrogens with zero attached hydrogens (tertiary/aromatic N) is 1. The number of aryl methyl sites for hydroxylation is 1. The fourth-order valence-corrected chi connectivity index (χ4v) is 1.66. The van der Waals surface area contributed by atoms with E-state index in [1.54, 1.807) is 25.3 Å². The molecule has 0 aliphatic rings. The van der Waals surface area contributed by atoms with Gasteiger partial charge in [0.2, 0.25) is 0 Å². The maximum atomic E-state index is 13.2. The molecule has 2 aromatic rings. The Bertz CT molecular complexity index is 555. The fraction of sp³-hybridized carbons (Fsp3) is 0.214. The Morgan fingerprint density at radius 2 is 2.06 bits per heavy atom. The predicted octanol–water partition coefficient (Wildman–Crippen LogP) is 3.34. The number of ether oxygens (including phenoxy) is 1. The fourth-order valence-electron chi connectivity index (χ4n) is 1.66. The summed E-state index contributed by atoms with van der Waals surface area (Å²) in [6, 6.07) is 7.64. The molecule has 0 bridgehead atoms. The van der Waals surface area contributed by atoms with Crippen molar-refractivity contribution in [1.82, 2.24) is 4.98 Å². The van der Waals surface area contributed by atoms with Crippen molar-refractivity contribution in [2.75, 3.05) is 0 Å². The summed E-state index contributed by atoms with van der Waals surface area (Å²) in [7, 11) is 0. The molecule has 2 N–H and O–H groups in total. The van der Waals surface area contributed by atoms with Gasteiger partial charge in [0, 0.05) is 17.8 Å². The van der Waals surface area contributed by atoms with Crippen LogP contribution in [0, 0.1) is 12.7 Å². The molecule has 0 aliphatic heterocycles. The second-order valence-electron chi connectivity index (χ2n) is 4.16. The van der Waals surface area contributed by atoms with Gasteiger partial charge in [0.25, 0.3) is 0 Å². The first-order chi connectivity index (χ1) is 8.58. The van der Waals surface area contributed by atoms with E-state index in [0.29, 0.717) is 17.1 Å². The van der Waals surface area contributed by atoms with Crippen LogP contribution in [0.3, 0.4) is 0 Å². The van der Waals surface area contributed by atoms with Crippen LogP contribution in [0.25, 0.3) is 0 Å². The molecule has 0 unspecified atom stereocenters. The molecule has 0 amide bonds. The molecule has 4 heteroatoms. The summed E-state index contributed by atoms with van der Waals surface area (Å²) in [5.74, 6) is 0.881. The number of hydrogen-bond donors (Lipinski definition) is 1. The van der Waals surface area contributed by atoms with E-state index in [9.17, 15) is 4.39 Å². The minimum absolute atomic E-state index is 0.298. The van der Waals surface area contributed by atoms with Crippen LogP contribution in [0.5, 0.6) is 11.5 Å². The summed E-state index contributed by atoms with van der Waals surface area (Å²) in [5, 5.41) is 0. The first-order valence-corrected chi connectivity index (χ1v) is 5.72. The Morgan fingerprint density at radius 1 is 1.28 bits per heavy atom. The minimum Gasteiger partial charge on any atom is -0.455 e. The van der Waals surface area contributed by atoms with Crippen LogP contribution in [0.2, 0.25) is 0 Å². The van der Waals surface area contributed by atoms with Gasteiger partial charge in [0.15, 0.2) is 0 Å². The lowest BCUT2D eigenvalue weighted by Gasteiger charge is -2.14. The highest BCUT2D eigenvalue weighted by molar-refractivity contribution is 5.40. The third-order valence-corrected chi connectivity index (χ3v) is 2.64. The molecule has 0 saturated heterocycles. The topological polar surface area (TPSA) is 48.1 Å². The Labute approximate surface area is 105 Å². The molecule has 0 aliphatic carbocycles. The predicted molar refractivity (Wildman–Crippen MR) is 68.1 cm³/mol. The Morgan fingerprint density at radius 3 is 2.72 bits per heavy atom. The van der Waals surface area contributed by atoms with Crippen LogP contribution in [-0.2, 0) is 0 Å². The van der Waals surface area contributed by atoms with Gasteiger partial charge in [-0.15, -0.1) is 0 Å². The average Bonchev–Trinajstić information content (AvgIpc) is 2.34. The summed E-state index contributed by atoms with van der Waals surface area (Å²) in [5.41, 5.74) is 7.23. The Hall–Kier alpha value is -1.94. The highest BCUT2D eigenvalue weighted by Crippen LogP contribution is 2.30. The molecule has 1 aromatic carbocycles. The monoisotopic (exact) mass is 246 g/mol. The van der Waals surface area contributed by atoms with E-state index in [1.165, 1.54) is 12.1 Å². The number of halogens is 1. The van der Waals surface area contributed by atoms with E-state index in [4.69, 9.17) is 10.5 Å². The Balaban J connectivity index is 2.37. The van der Waals surface area contributed by atoms with Crippen LogP contribution in [0.15, 0.2) is 36.5 Å². The molecule has 18 heavy (non-hydrogen) atoms. The normalized spacial score (nSPS) is 12.2. The van der Waals surface area contributed by atoms with Gasteiger partial charge in [0.05, 0.1) is 5.69 Å². The second kappa shape index (κ2) is 5.14. The number of pyridine rings is 1. The van der Waals surface area contributed by atoms with Crippen LogP contribution in [0.4, 0.5) is 4.39 Å². The van der Waals surface area contributed by atoms with Crippen LogP contribution < -0.4 is 10.5 Å². The largest absolute Gasteiger partial charge is 0.455 e. The van der Waals surface area contributed by atoms with E-state index >= 15 is 0 Å². The van der Waals surface area contributed by atoms with Crippen molar-refractivity contribution < 1.29 is 9.13 Å². The zero-order valence-corrected chi connectivity index (χ0v) is 10.4. The molecule has 0 radical (unpaired) electrons. The third kappa shape index (κ3) is 2.65. The number of rotatable bonds is 3. The van der Waals surface area contributed by atoms with Gasteiger partial charge in [-0.25, -0.2) is 4.39 Å². The zero-order valence-electron chi connectivity index (χ0n) is 10.4. The van der Waals surface area contributed by atoms with E-state index < -0.39 is 0 Å². The summed E-state index contributed by atoms with van der Waals surface area (Å²) < 4.78 is 18.9. The number of aromatic nitrogens is 1. The maximum absolute atomic E-state index is 13.2. The quantitative estimate of drug-likeness (QED) is 0.903. The SMILES string of the molecule is Cc1ncccc1Oc1ccc(F)cc1[C@@H](C)N.